The van der Waals surface area contributed by atoms with Gasteiger partial charge in [-0.1, -0.05) is 35.4 Å². The molecule has 1 unspecified atom stereocenters. The standard InChI is InChI=1S/C28H25Cl2F2N5O5/c1-41-27(39)33-14-7-8-15-18(13-14)34-21(38)6-4-2-3-5-19(26-35-24(15)25(30)36-26)37-12-11-20(42-28(37)40)22-17(31)10-9-16(29)23(22)32/h2-3,7-10,13,19-20H,4-6,11-12H2,1H3,(H,33,39)(H,34,38)(H,35,36)/b3-2+/t19?,20-/m1/s1. The third kappa shape index (κ3) is 6.04. The van der Waals surface area contributed by atoms with Gasteiger partial charge in [-0.2, -0.15) is 0 Å². The number of nitrogens with one attached hydrogen (secondary N) is 3. The maximum atomic E-state index is 14.6. The highest BCUT2D eigenvalue weighted by Crippen LogP contribution is 2.39. The van der Waals surface area contributed by atoms with Gasteiger partial charge in [0.15, 0.2) is 5.82 Å². The van der Waals surface area contributed by atoms with Crippen LogP contribution in [-0.2, 0) is 14.3 Å². The van der Waals surface area contributed by atoms with Crippen molar-refractivity contribution in [3.8, 4) is 11.3 Å². The summed E-state index contributed by atoms with van der Waals surface area (Å²) in [5.41, 5.74) is 1.08. The molecule has 14 heteroatoms. The lowest BCUT2D eigenvalue weighted by Gasteiger charge is -2.36. The number of hydrogen-bond donors (Lipinski definition) is 3. The lowest BCUT2D eigenvalue weighted by molar-refractivity contribution is -0.116. The molecule has 220 valence electrons. The van der Waals surface area contributed by atoms with Crippen molar-refractivity contribution < 1.29 is 32.6 Å². The first kappa shape index (κ1) is 29.3. The summed E-state index contributed by atoms with van der Waals surface area (Å²) in [6, 6.07) is 6.23. The molecule has 0 aliphatic carbocycles. The fourth-order valence-corrected chi connectivity index (χ4v) is 5.29. The summed E-state index contributed by atoms with van der Waals surface area (Å²) in [4.78, 5) is 46.8. The number of aromatic amines is 1. The van der Waals surface area contributed by atoms with Crippen molar-refractivity contribution in [2.24, 2.45) is 0 Å². The van der Waals surface area contributed by atoms with E-state index >= 15 is 0 Å². The maximum Gasteiger partial charge on any atom is 0.411 e. The molecule has 42 heavy (non-hydrogen) atoms. The molecule has 1 fully saturated rings. The molecule has 2 atom stereocenters. The fourth-order valence-electron chi connectivity index (χ4n) is 4.88. The van der Waals surface area contributed by atoms with Crippen LogP contribution in [0.5, 0.6) is 0 Å². The zero-order valence-electron chi connectivity index (χ0n) is 22.2. The van der Waals surface area contributed by atoms with Crippen LogP contribution in [0.25, 0.3) is 11.3 Å². The van der Waals surface area contributed by atoms with Gasteiger partial charge in [0, 0.05) is 30.6 Å². The molecule has 5 rings (SSSR count). The molecular weight excluding hydrogens is 595 g/mol. The van der Waals surface area contributed by atoms with Crippen LogP contribution in [0.2, 0.25) is 10.2 Å². The van der Waals surface area contributed by atoms with Crippen LogP contribution in [0.3, 0.4) is 0 Å². The van der Waals surface area contributed by atoms with E-state index in [0.29, 0.717) is 41.3 Å². The number of imidazole rings is 1. The molecule has 2 bridgehead atoms. The Bertz CT molecular complexity index is 1580. The summed E-state index contributed by atoms with van der Waals surface area (Å²) in [5, 5.41) is 5.26. The number of halogens is 4. The van der Waals surface area contributed by atoms with Crippen LogP contribution in [0.1, 0.15) is 49.2 Å². The molecule has 1 saturated heterocycles. The maximum absolute atomic E-state index is 14.6. The second kappa shape index (κ2) is 12.4. The third-order valence-corrected chi connectivity index (χ3v) is 7.49. The molecule has 10 nitrogen and oxygen atoms in total. The van der Waals surface area contributed by atoms with E-state index in [1.165, 1.54) is 12.0 Å². The summed E-state index contributed by atoms with van der Waals surface area (Å²) in [6.07, 6.45) is 1.94. The summed E-state index contributed by atoms with van der Waals surface area (Å²) in [6.45, 7) is 0.0975. The summed E-state index contributed by atoms with van der Waals surface area (Å²) < 4.78 is 39.3. The molecule has 3 heterocycles. The van der Waals surface area contributed by atoms with Crippen LogP contribution in [0.4, 0.5) is 29.7 Å². The quantitative estimate of drug-likeness (QED) is 0.211. The minimum absolute atomic E-state index is 0.0959. The molecule has 3 N–H and O–H groups in total. The fraction of sp³-hybridized carbons (Fsp3) is 0.286. The monoisotopic (exact) mass is 619 g/mol. The Balaban J connectivity index is 1.48. The van der Waals surface area contributed by atoms with Crippen molar-refractivity contribution >= 4 is 52.7 Å². The number of fused-ring (bicyclic) bond motifs is 4. The number of anilines is 2. The van der Waals surface area contributed by atoms with Crippen molar-refractivity contribution in [2.45, 2.75) is 37.8 Å². The van der Waals surface area contributed by atoms with Gasteiger partial charge in [-0.25, -0.2) is 23.4 Å². The first-order valence-corrected chi connectivity index (χ1v) is 13.7. The van der Waals surface area contributed by atoms with Gasteiger partial charge in [-0.3, -0.25) is 15.0 Å². The van der Waals surface area contributed by atoms with Gasteiger partial charge in [0.25, 0.3) is 0 Å². The van der Waals surface area contributed by atoms with E-state index in [2.05, 4.69) is 25.3 Å². The number of aromatic nitrogens is 2. The Kier molecular flexibility index (Phi) is 8.64. The summed E-state index contributed by atoms with van der Waals surface area (Å²) in [7, 11) is 1.23. The lowest BCUT2D eigenvalue weighted by atomic mass is 10.0. The number of benzene rings is 2. The number of ether oxygens (including phenoxy) is 2. The Morgan fingerprint density at radius 3 is 2.76 bits per heavy atom. The predicted octanol–water partition coefficient (Wildman–Crippen LogP) is 7.14. The van der Waals surface area contributed by atoms with E-state index in [1.807, 2.05) is 6.08 Å². The number of H-pyrrole nitrogens is 1. The van der Waals surface area contributed by atoms with Crippen LogP contribution in [0.15, 0.2) is 42.5 Å². The van der Waals surface area contributed by atoms with Gasteiger partial charge >= 0.3 is 12.2 Å². The summed E-state index contributed by atoms with van der Waals surface area (Å²) >= 11 is 12.4. The minimum Gasteiger partial charge on any atom is -0.453 e. The highest BCUT2D eigenvalue weighted by Gasteiger charge is 2.37. The molecule has 3 amide bonds. The third-order valence-electron chi connectivity index (χ3n) is 6.93. The number of nitrogens with zero attached hydrogens (tertiary/aromatic N) is 2. The highest BCUT2D eigenvalue weighted by molar-refractivity contribution is 6.32. The van der Waals surface area contributed by atoms with E-state index < -0.39 is 41.5 Å². The first-order chi connectivity index (χ1) is 20.2. The van der Waals surface area contributed by atoms with Crippen molar-refractivity contribution in [1.29, 1.82) is 0 Å². The Morgan fingerprint density at radius 2 is 2.00 bits per heavy atom. The van der Waals surface area contributed by atoms with E-state index in [9.17, 15) is 23.2 Å². The minimum atomic E-state index is -1.16. The second-order valence-corrected chi connectivity index (χ2v) is 10.4. The highest BCUT2D eigenvalue weighted by atomic mass is 35.5. The Labute approximate surface area is 249 Å². The van der Waals surface area contributed by atoms with Crippen LogP contribution in [0, 0.1) is 11.6 Å². The number of hydrogen-bond acceptors (Lipinski definition) is 6. The van der Waals surface area contributed by atoms with Crippen molar-refractivity contribution in [1.82, 2.24) is 14.9 Å². The number of cyclic esters (lactones) is 1. The predicted molar refractivity (Wildman–Crippen MR) is 151 cm³/mol. The number of carbonyl (C=O) groups excluding carboxylic acids is 3. The van der Waals surface area contributed by atoms with Gasteiger partial charge in [0.1, 0.15) is 28.6 Å². The number of amides is 3. The van der Waals surface area contributed by atoms with Crippen LogP contribution < -0.4 is 10.6 Å². The molecule has 0 saturated carbocycles. The zero-order valence-corrected chi connectivity index (χ0v) is 23.7. The summed E-state index contributed by atoms with van der Waals surface area (Å²) in [5.74, 6) is -1.77. The Hall–Kier alpha value is -4.16. The molecule has 2 aliphatic rings. The number of carbonyl (C=O) groups is 3. The molecular formula is C28H25Cl2F2N5O5. The van der Waals surface area contributed by atoms with Crippen LogP contribution >= 0.6 is 23.2 Å². The SMILES string of the molecule is COC(=O)Nc1ccc2c(c1)NC(=O)CC/C=C/CC(N1CC[C@H](c3c(F)ccc(Cl)c3F)OC1=O)c1nc-2c(Cl)[nH]1. The lowest BCUT2D eigenvalue weighted by Crippen LogP contribution is -2.42. The largest absolute Gasteiger partial charge is 0.453 e. The van der Waals surface area contributed by atoms with Crippen molar-refractivity contribution in [3.63, 3.8) is 0 Å². The number of methoxy groups -OCH3 is 1. The molecule has 3 aromatic rings. The molecule has 2 aliphatic heterocycles. The van der Waals surface area contributed by atoms with Gasteiger partial charge in [-0.05, 0) is 43.2 Å². The van der Waals surface area contributed by atoms with Crippen molar-refractivity contribution in [3.05, 3.63) is 75.7 Å². The molecule has 2 aromatic carbocycles. The van der Waals surface area contributed by atoms with Crippen molar-refractivity contribution in [2.75, 3.05) is 24.3 Å². The topological polar surface area (TPSA) is 126 Å². The first-order valence-electron chi connectivity index (χ1n) is 13.0. The normalized spacial score (nSPS) is 19.8. The second-order valence-electron chi connectivity index (χ2n) is 9.58. The molecule has 0 spiro atoms. The number of allylic oxidation sites excluding steroid dienone is 1. The van der Waals surface area contributed by atoms with E-state index in [-0.39, 0.29) is 35.5 Å². The number of rotatable bonds is 3. The Morgan fingerprint density at radius 1 is 1.19 bits per heavy atom. The zero-order chi connectivity index (χ0) is 30.0. The molecule has 1 aromatic heterocycles. The van der Waals surface area contributed by atoms with E-state index in [0.717, 1.165) is 12.1 Å². The van der Waals surface area contributed by atoms with Gasteiger partial charge < -0.3 is 19.8 Å². The van der Waals surface area contributed by atoms with Crippen LogP contribution in [-0.4, -0.2) is 46.6 Å². The molecule has 0 radical (unpaired) electrons. The smallest absolute Gasteiger partial charge is 0.411 e. The average molecular weight is 620 g/mol. The van der Waals surface area contributed by atoms with Gasteiger partial charge in [-0.15, -0.1) is 0 Å². The average Bonchev–Trinajstić information content (AvgIpc) is 3.34. The van der Waals surface area contributed by atoms with E-state index in [1.54, 1.807) is 24.3 Å². The van der Waals surface area contributed by atoms with Gasteiger partial charge in [0.2, 0.25) is 5.91 Å². The van der Waals surface area contributed by atoms with E-state index in [4.69, 9.17) is 27.9 Å². The van der Waals surface area contributed by atoms with Gasteiger partial charge in [0.05, 0.1) is 29.4 Å².